The Morgan fingerprint density at radius 3 is 2.71 bits per heavy atom. The zero-order chi connectivity index (χ0) is 13.1. The molecule has 0 heterocycles. The number of hydrogen-bond donors (Lipinski definition) is 2. The number of ether oxygens (including phenoxy) is 1. The summed E-state index contributed by atoms with van der Waals surface area (Å²) < 4.78 is 4.86. The highest BCUT2D eigenvalue weighted by Gasteiger charge is 2.18. The number of allylic oxidation sites excluding steroid dienone is 1. The Morgan fingerprint density at radius 2 is 2.18 bits per heavy atom. The summed E-state index contributed by atoms with van der Waals surface area (Å²) in [6.45, 7) is 4.14. The summed E-state index contributed by atoms with van der Waals surface area (Å²) in [5, 5.41) is 11.4. The van der Waals surface area contributed by atoms with Crippen molar-refractivity contribution in [2.75, 3.05) is 13.7 Å². The minimum absolute atomic E-state index is 0.224. The van der Waals surface area contributed by atoms with Gasteiger partial charge in [0.2, 0.25) is 5.91 Å². The Hall–Kier alpha value is -1.36. The number of carbonyl (C=O) groups excluding carboxylic acids is 1. The van der Waals surface area contributed by atoms with Crippen molar-refractivity contribution in [1.82, 2.24) is 5.32 Å². The lowest BCUT2D eigenvalue weighted by molar-refractivity contribution is -0.142. The van der Waals surface area contributed by atoms with E-state index in [2.05, 4.69) is 11.9 Å². The molecule has 0 aromatic carbocycles. The second-order valence-corrected chi connectivity index (χ2v) is 3.77. The molecule has 0 saturated carbocycles. The molecule has 0 aliphatic carbocycles. The number of carboxylic acid groups (broad SMARTS) is 1. The van der Waals surface area contributed by atoms with E-state index >= 15 is 0 Å². The molecule has 2 N–H and O–H groups in total. The number of carboxylic acids is 1. The fourth-order valence-electron chi connectivity index (χ4n) is 1.34. The summed E-state index contributed by atoms with van der Waals surface area (Å²) in [5.41, 5.74) is 0. The first-order valence-electron chi connectivity index (χ1n) is 5.73. The molecule has 1 unspecified atom stereocenters. The van der Waals surface area contributed by atoms with Gasteiger partial charge in [0.15, 0.2) is 0 Å². The summed E-state index contributed by atoms with van der Waals surface area (Å²) in [5.74, 6) is -1.23. The lowest BCUT2D eigenvalue weighted by Gasteiger charge is -2.13. The van der Waals surface area contributed by atoms with Crippen molar-refractivity contribution in [3.63, 3.8) is 0 Å². The number of nitrogens with one attached hydrogen (secondary N) is 1. The molecule has 0 aromatic rings. The number of hydrogen-bond acceptors (Lipinski definition) is 3. The molecule has 0 rings (SSSR count). The zero-order valence-electron chi connectivity index (χ0n) is 10.3. The van der Waals surface area contributed by atoms with Crippen molar-refractivity contribution in [3.05, 3.63) is 12.7 Å². The molecule has 0 aliphatic rings. The first-order valence-corrected chi connectivity index (χ1v) is 5.73. The lowest BCUT2D eigenvalue weighted by Crippen LogP contribution is -2.40. The second kappa shape index (κ2) is 9.84. The van der Waals surface area contributed by atoms with E-state index in [0.29, 0.717) is 32.3 Å². The molecule has 0 radical (unpaired) electrons. The third-order valence-electron chi connectivity index (χ3n) is 2.30. The van der Waals surface area contributed by atoms with Crippen molar-refractivity contribution >= 4 is 11.9 Å². The van der Waals surface area contributed by atoms with Crippen molar-refractivity contribution in [2.24, 2.45) is 0 Å². The monoisotopic (exact) mass is 243 g/mol. The molecule has 0 fully saturated rings. The van der Waals surface area contributed by atoms with Crippen molar-refractivity contribution in [3.8, 4) is 0 Å². The first kappa shape index (κ1) is 15.6. The molecule has 1 amide bonds. The van der Waals surface area contributed by atoms with E-state index in [1.165, 1.54) is 0 Å². The molecule has 5 heteroatoms. The number of unbranched alkanes of at least 4 members (excludes halogenated alkanes) is 1. The Kier molecular flexibility index (Phi) is 9.05. The maximum atomic E-state index is 11.4. The summed E-state index contributed by atoms with van der Waals surface area (Å²) in [7, 11) is 1.61. The van der Waals surface area contributed by atoms with Crippen LogP contribution >= 0.6 is 0 Å². The summed E-state index contributed by atoms with van der Waals surface area (Å²) in [4.78, 5) is 22.3. The minimum Gasteiger partial charge on any atom is -0.480 e. The Bertz CT molecular complexity index is 253. The van der Waals surface area contributed by atoms with Crippen LogP contribution in [-0.2, 0) is 14.3 Å². The van der Waals surface area contributed by atoms with Gasteiger partial charge in [0.05, 0.1) is 0 Å². The van der Waals surface area contributed by atoms with Crippen molar-refractivity contribution in [1.29, 1.82) is 0 Å². The van der Waals surface area contributed by atoms with Gasteiger partial charge in [-0.3, -0.25) is 4.79 Å². The van der Waals surface area contributed by atoms with Gasteiger partial charge in [-0.2, -0.15) is 0 Å². The molecule has 17 heavy (non-hydrogen) atoms. The fourth-order valence-corrected chi connectivity index (χ4v) is 1.34. The molecule has 5 nitrogen and oxygen atoms in total. The van der Waals surface area contributed by atoms with Crippen LogP contribution in [0.1, 0.15) is 32.1 Å². The van der Waals surface area contributed by atoms with Crippen molar-refractivity contribution < 1.29 is 19.4 Å². The van der Waals surface area contributed by atoms with E-state index in [4.69, 9.17) is 9.84 Å². The number of aliphatic carboxylic acids is 1. The van der Waals surface area contributed by atoms with Crippen LogP contribution in [0.15, 0.2) is 12.7 Å². The molecule has 98 valence electrons. The van der Waals surface area contributed by atoms with E-state index in [-0.39, 0.29) is 5.91 Å². The van der Waals surface area contributed by atoms with Gasteiger partial charge in [0, 0.05) is 20.1 Å². The number of amides is 1. The van der Waals surface area contributed by atoms with Crippen LogP contribution in [0.3, 0.4) is 0 Å². The SMILES string of the molecule is C=CCCC(NC(=O)CCCCOC)C(=O)O. The van der Waals surface area contributed by atoms with Crippen LogP contribution in [0.4, 0.5) is 0 Å². The third-order valence-corrected chi connectivity index (χ3v) is 2.30. The van der Waals surface area contributed by atoms with E-state index in [9.17, 15) is 9.59 Å². The maximum Gasteiger partial charge on any atom is 0.326 e. The number of rotatable bonds is 10. The predicted molar refractivity (Wildman–Crippen MR) is 64.7 cm³/mol. The highest BCUT2D eigenvalue weighted by molar-refractivity contribution is 5.83. The van der Waals surface area contributed by atoms with Crippen LogP contribution in [0.5, 0.6) is 0 Å². The van der Waals surface area contributed by atoms with Gasteiger partial charge in [-0.05, 0) is 25.7 Å². The van der Waals surface area contributed by atoms with Gasteiger partial charge >= 0.3 is 5.97 Å². The zero-order valence-corrected chi connectivity index (χ0v) is 10.3. The van der Waals surface area contributed by atoms with Gasteiger partial charge in [0.1, 0.15) is 6.04 Å². The molecule has 0 aliphatic heterocycles. The van der Waals surface area contributed by atoms with Crippen LogP contribution in [0.25, 0.3) is 0 Å². The molecular weight excluding hydrogens is 222 g/mol. The topological polar surface area (TPSA) is 75.6 Å². The molecule has 1 atom stereocenters. The molecule has 0 bridgehead atoms. The van der Waals surface area contributed by atoms with Crippen LogP contribution < -0.4 is 5.32 Å². The van der Waals surface area contributed by atoms with Crippen LogP contribution in [0, 0.1) is 0 Å². The van der Waals surface area contributed by atoms with E-state index < -0.39 is 12.0 Å². The Morgan fingerprint density at radius 1 is 1.47 bits per heavy atom. The summed E-state index contributed by atoms with van der Waals surface area (Å²) in [6, 6.07) is -0.817. The van der Waals surface area contributed by atoms with Crippen molar-refractivity contribution in [2.45, 2.75) is 38.1 Å². The quantitative estimate of drug-likeness (QED) is 0.448. The largest absolute Gasteiger partial charge is 0.480 e. The van der Waals surface area contributed by atoms with E-state index in [1.807, 2.05) is 0 Å². The van der Waals surface area contributed by atoms with Gasteiger partial charge < -0.3 is 15.2 Å². The third kappa shape index (κ3) is 8.45. The molecule has 0 spiro atoms. The molecule has 0 saturated heterocycles. The maximum absolute atomic E-state index is 11.4. The highest BCUT2D eigenvalue weighted by Crippen LogP contribution is 2.01. The summed E-state index contributed by atoms with van der Waals surface area (Å²) in [6.07, 6.45) is 4.42. The van der Waals surface area contributed by atoms with Crippen LogP contribution in [-0.4, -0.2) is 36.7 Å². The van der Waals surface area contributed by atoms with E-state index in [1.54, 1.807) is 13.2 Å². The molecular formula is C12H21NO4. The second-order valence-electron chi connectivity index (χ2n) is 3.77. The average Bonchev–Trinajstić information content (AvgIpc) is 2.29. The van der Waals surface area contributed by atoms with Gasteiger partial charge in [-0.25, -0.2) is 4.79 Å². The van der Waals surface area contributed by atoms with Crippen LogP contribution in [0.2, 0.25) is 0 Å². The smallest absolute Gasteiger partial charge is 0.326 e. The normalized spacial score (nSPS) is 11.8. The number of carbonyl (C=O) groups is 2. The fraction of sp³-hybridized carbons (Fsp3) is 0.667. The Balaban J connectivity index is 3.86. The minimum atomic E-state index is -1.00. The average molecular weight is 243 g/mol. The predicted octanol–water partition coefficient (Wildman–Crippen LogP) is 1.34. The first-order chi connectivity index (χ1) is 8.11. The highest BCUT2D eigenvalue weighted by atomic mass is 16.5. The molecule has 0 aromatic heterocycles. The van der Waals surface area contributed by atoms with Gasteiger partial charge in [-0.15, -0.1) is 6.58 Å². The summed E-state index contributed by atoms with van der Waals surface area (Å²) >= 11 is 0. The van der Waals surface area contributed by atoms with Gasteiger partial charge in [-0.1, -0.05) is 6.08 Å². The standard InChI is InChI=1S/C12H21NO4/c1-3-4-7-10(12(15)16)13-11(14)8-5-6-9-17-2/h3,10H,1,4-9H2,2H3,(H,13,14)(H,15,16). The number of methoxy groups -OCH3 is 1. The Labute approximate surface area is 102 Å². The van der Waals surface area contributed by atoms with Gasteiger partial charge in [0.25, 0.3) is 0 Å². The van der Waals surface area contributed by atoms with E-state index in [0.717, 1.165) is 6.42 Å². The lowest BCUT2D eigenvalue weighted by atomic mass is 10.1.